The number of benzene rings is 1. The Bertz CT molecular complexity index is 707. The lowest BCUT2D eigenvalue weighted by Crippen LogP contribution is -2.33. The maximum atomic E-state index is 14.0. The lowest BCUT2D eigenvalue weighted by atomic mass is 9.97. The zero-order valence-corrected chi connectivity index (χ0v) is 13.7. The topological polar surface area (TPSA) is 80.5 Å². The highest BCUT2D eigenvalue weighted by molar-refractivity contribution is 7.89. The van der Waals surface area contributed by atoms with E-state index in [4.69, 9.17) is 5.73 Å². The molecular weight excluding hydrogens is 326 g/mol. The molecule has 1 heterocycles. The van der Waals surface area contributed by atoms with Crippen LogP contribution in [-0.2, 0) is 14.8 Å². The van der Waals surface area contributed by atoms with Crippen molar-refractivity contribution in [3.05, 3.63) is 29.3 Å². The van der Waals surface area contributed by atoms with Crippen molar-refractivity contribution >= 4 is 15.9 Å². The van der Waals surface area contributed by atoms with Crippen molar-refractivity contribution in [1.82, 2.24) is 4.31 Å². The Morgan fingerprint density at radius 1 is 1.26 bits per heavy atom. The molecular formula is C15H20F2N2O3S. The molecule has 128 valence electrons. The Balaban J connectivity index is 2.23. The van der Waals surface area contributed by atoms with Gasteiger partial charge in [-0.1, -0.05) is 0 Å². The predicted molar refractivity (Wildman–Crippen MR) is 81.0 cm³/mol. The van der Waals surface area contributed by atoms with E-state index >= 15 is 0 Å². The summed E-state index contributed by atoms with van der Waals surface area (Å²) in [6.45, 7) is 1.75. The summed E-state index contributed by atoms with van der Waals surface area (Å²) in [5.41, 5.74) is 5.23. The Kier molecular flexibility index (Phi) is 5.36. The second kappa shape index (κ2) is 6.92. The molecule has 0 aliphatic carbocycles. The largest absolute Gasteiger partial charge is 0.370 e. The molecule has 2 N–H and O–H groups in total. The van der Waals surface area contributed by atoms with E-state index in [0.717, 1.165) is 16.4 Å². The highest BCUT2D eigenvalue weighted by Crippen LogP contribution is 2.27. The van der Waals surface area contributed by atoms with Crippen molar-refractivity contribution in [3.63, 3.8) is 0 Å². The molecule has 0 bridgehead atoms. The minimum atomic E-state index is -4.11. The van der Waals surface area contributed by atoms with Crippen LogP contribution in [0.5, 0.6) is 0 Å². The van der Waals surface area contributed by atoms with Gasteiger partial charge in [0.2, 0.25) is 15.9 Å². The Hall–Kier alpha value is -1.54. The van der Waals surface area contributed by atoms with Crippen molar-refractivity contribution in [3.8, 4) is 0 Å². The first-order valence-electron chi connectivity index (χ1n) is 7.46. The minimum absolute atomic E-state index is 0.0206. The molecule has 1 aliphatic heterocycles. The number of sulfonamides is 1. The number of carbonyl (C=O) groups excluding carboxylic acids is 1. The number of amides is 1. The quantitative estimate of drug-likeness (QED) is 0.905. The zero-order valence-electron chi connectivity index (χ0n) is 12.9. The fourth-order valence-electron chi connectivity index (χ4n) is 2.83. The zero-order chi connectivity index (χ0) is 17.2. The molecule has 1 aromatic carbocycles. The molecule has 0 spiro atoms. The summed E-state index contributed by atoms with van der Waals surface area (Å²) < 4.78 is 54.0. The smallest absolute Gasteiger partial charge is 0.246 e. The Morgan fingerprint density at radius 3 is 2.61 bits per heavy atom. The summed E-state index contributed by atoms with van der Waals surface area (Å²) in [7, 11) is -4.11. The fourth-order valence-corrected chi connectivity index (χ4v) is 4.38. The molecule has 0 aromatic heterocycles. The van der Waals surface area contributed by atoms with E-state index in [1.165, 1.54) is 6.92 Å². The van der Waals surface area contributed by atoms with E-state index in [0.29, 0.717) is 19.3 Å². The van der Waals surface area contributed by atoms with E-state index in [2.05, 4.69) is 0 Å². The van der Waals surface area contributed by atoms with Crippen LogP contribution < -0.4 is 5.73 Å². The van der Waals surface area contributed by atoms with Gasteiger partial charge in [0.05, 0.1) is 0 Å². The summed E-state index contributed by atoms with van der Waals surface area (Å²) in [5.74, 6) is -2.11. The van der Waals surface area contributed by atoms with Crippen LogP contribution in [0, 0.1) is 24.5 Å². The normalized spacial score (nSPS) is 20.2. The van der Waals surface area contributed by atoms with Gasteiger partial charge in [0.15, 0.2) is 0 Å². The van der Waals surface area contributed by atoms with Crippen LogP contribution in [0.2, 0.25) is 0 Å². The summed E-state index contributed by atoms with van der Waals surface area (Å²) in [6, 6.07) is 1.61. The van der Waals surface area contributed by atoms with Crippen molar-refractivity contribution in [2.75, 3.05) is 13.1 Å². The van der Waals surface area contributed by atoms with Crippen molar-refractivity contribution in [2.45, 2.75) is 37.5 Å². The van der Waals surface area contributed by atoms with Gasteiger partial charge in [0, 0.05) is 19.5 Å². The molecule has 1 aliphatic rings. The van der Waals surface area contributed by atoms with E-state index in [-0.39, 0.29) is 31.0 Å². The standard InChI is InChI=1S/C15H20F2N2O3S/c1-10-7-13(17)14(9-12(10)16)23(21,22)19-5-2-3-11(4-6-19)8-15(18)20/h7,9,11H,2-6,8H2,1H3,(H2,18,20). The summed E-state index contributed by atoms with van der Waals surface area (Å²) in [5, 5.41) is 0. The molecule has 5 nitrogen and oxygen atoms in total. The minimum Gasteiger partial charge on any atom is -0.370 e. The third-order valence-electron chi connectivity index (χ3n) is 4.13. The van der Waals surface area contributed by atoms with Crippen LogP contribution in [-0.4, -0.2) is 31.7 Å². The van der Waals surface area contributed by atoms with Crippen LogP contribution >= 0.6 is 0 Å². The van der Waals surface area contributed by atoms with E-state index in [1.807, 2.05) is 0 Å². The average molecular weight is 346 g/mol. The predicted octanol–water partition coefficient (Wildman–Crippen LogP) is 1.94. The van der Waals surface area contributed by atoms with Gasteiger partial charge >= 0.3 is 0 Å². The Morgan fingerprint density at radius 2 is 1.96 bits per heavy atom. The number of hydrogen-bond acceptors (Lipinski definition) is 3. The van der Waals surface area contributed by atoms with Gasteiger partial charge in [0.25, 0.3) is 0 Å². The van der Waals surface area contributed by atoms with Crippen LogP contribution in [0.3, 0.4) is 0 Å². The molecule has 1 saturated heterocycles. The second-order valence-corrected chi connectivity index (χ2v) is 7.81. The average Bonchev–Trinajstić information content (AvgIpc) is 2.68. The number of halogens is 2. The van der Waals surface area contributed by atoms with Crippen LogP contribution in [0.1, 0.15) is 31.2 Å². The third kappa shape index (κ3) is 4.06. The fraction of sp³-hybridized carbons (Fsp3) is 0.533. The molecule has 1 unspecified atom stereocenters. The molecule has 8 heteroatoms. The van der Waals surface area contributed by atoms with E-state index in [9.17, 15) is 22.0 Å². The first-order valence-corrected chi connectivity index (χ1v) is 8.90. The van der Waals surface area contributed by atoms with Crippen molar-refractivity contribution in [2.24, 2.45) is 11.7 Å². The lowest BCUT2D eigenvalue weighted by Gasteiger charge is -2.20. The monoisotopic (exact) mass is 346 g/mol. The van der Waals surface area contributed by atoms with Crippen LogP contribution in [0.4, 0.5) is 8.78 Å². The number of aryl methyl sites for hydroxylation is 1. The summed E-state index contributed by atoms with van der Waals surface area (Å²) in [4.78, 5) is 10.3. The van der Waals surface area contributed by atoms with Gasteiger partial charge < -0.3 is 5.73 Å². The maximum absolute atomic E-state index is 14.0. The van der Waals surface area contributed by atoms with Crippen molar-refractivity contribution < 1.29 is 22.0 Å². The molecule has 1 aromatic rings. The molecule has 0 saturated carbocycles. The van der Waals surface area contributed by atoms with E-state index < -0.39 is 32.5 Å². The van der Waals surface area contributed by atoms with Gasteiger partial charge in [-0.25, -0.2) is 17.2 Å². The summed E-state index contributed by atoms with van der Waals surface area (Å²) >= 11 is 0. The molecule has 1 atom stereocenters. The number of carbonyl (C=O) groups is 1. The van der Waals surface area contributed by atoms with Gasteiger partial charge in [-0.05, 0) is 49.8 Å². The number of nitrogens with zero attached hydrogens (tertiary/aromatic N) is 1. The first kappa shape index (κ1) is 17.8. The lowest BCUT2D eigenvalue weighted by molar-refractivity contribution is -0.119. The highest BCUT2D eigenvalue weighted by Gasteiger charge is 2.30. The molecule has 2 rings (SSSR count). The van der Waals surface area contributed by atoms with E-state index in [1.54, 1.807) is 0 Å². The van der Waals surface area contributed by atoms with Gasteiger partial charge in [-0.3, -0.25) is 4.79 Å². The number of hydrogen-bond donors (Lipinski definition) is 1. The first-order chi connectivity index (χ1) is 10.7. The third-order valence-corrected chi connectivity index (χ3v) is 6.04. The molecule has 23 heavy (non-hydrogen) atoms. The SMILES string of the molecule is Cc1cc(F)c(S(=O)(=O)N2CCCC(CC(N)=O)CC2)cc1F. The molecule has 1 fully saturated rings. The maximum Gasteiger partial charge on any atom is 0.246 e. The van der Waals surface area contributed by atoms with Crippen LogP contribution in [0.25, 0.3) is 0 Å². The number of primary amides is 1. The van der Waals surface area contributed by atoms with Crippen molar-refractivity contribution in [1.29, 1.82) is 0 Å². The van der Waals surface area contributed by atoms with Crippen LogP contribution in [0.15, 0.2) is 17.0 Å². The highest BCUT2D eigenvalue weighted by atomic mass is 32.2. The molecule has 0 radical (unpaired) electrons. The van der Waals surface area contributed by atoms with Gasteiger partial charge in [0.1, 0.15) is 16.5 Å². The number of nitrogens with two attached hydrogens (primary N) is 1. The Labute approximate surface area is 134 Å². The summed E-state index contributed by atoms with van der Waals surface area (Å²) in [6.07, 6.45) is 1.91. The second-order valence-electron chi connectivity index (χ2n) is 5.90. The number of rotatable bonds is 4. The van der Waals surface area contributed by atoms with Gasteiger partial charge in [-0.15, -0.1) is 0 Å². The van der Waals surface area contributed by atoms with Gasteiger partial charge in [-0.2, -0.15) is 4.31 Å². The molecule has 1 amide bonds.